The van der Waals surface area contributed by atoms with Gasteiger partial charge in [0.05, 0.1) is 12.5 Å². The molecule has 0 bridgehead atoms. The third kappa shape index (κ3) is 2.52. The Balaban J connectivity index is 2.95. The summed E-state index contributed by atoms with van der Waals surface area (Å²) in [6, 6.07) is 3.56. The summed E-state index contributed by atoms with van der Waals surface area (Å²) in [5.41, 5.74) is 0.424. The van der Waals surface area contributed by atoms with Crippen LogP contribution in [0.1, 0.15) is 5.56 Å². The molecule has 5 heteroatoms. The van der Waals surface area contributed by atoms with Gasteiger partial charge < -0.3 is 4.90 Å². The first-order chi connectivity index (χ1) is 6.24. The number of rotatable bonds is 2. The standard InChI is InChI=1S/C8H9N5/c1-13(2)6-10-8-7(5-9)3-4-11-12-8/h3-4,6H,1-2H3/b10-6+. The van der Waals surface area contributed by atoms with Gasteiger partial charge in [0.15, 0.2) is 5.82 Å². The summed E-state index contributed by atoms with van der Waals surface area (Å²) in [4.78, 5) is 5.74. The molecule has 13 heavy (non-hydrogen) atoms. The van der Waals surface area contributed by atoms with Gasteiger partial charge in [0.25, 0.3) is 0 Å². The van der Waals surface area contributed by atoms with Gasteiger partial charge in [-0.3, -0.25) is 0 Å². The summed E-state index contributed by atoms with van der Waals surface area (Å²) in [6.07, 6.45) is 3.04. The Morgan fingerprint density at radius 3 is 3.00 bits per heavy atom. The summed E-state index contributed by atoms with van der Waals surface area (Å²) < 4.78 is 0. The monoisotopic (exact) mass is 175 g/mol. The number of aromatic nitrogens is 2. The van der Waals surface area contributed by atoms with E-state index in [2.05, 4.69) is 15.2 Å². The predicted octanol–water partition coefficient (Wildman–Crippen LogP) is 0.570. The van der Waals surface area contributed by atoms with Gasteiger partial charge in [-0.2, -0.15) is 10.4 Å². The molecule has 0 amide bonds. The first kappa shape index (κ1) is 9.13. The average molecular weight is 175 g/mol. The zero-order chi connectivity index (χ0) is 9.68. The average Bonchev–Trinajstić information content (AvgIpc) is 2.15. The maximum atomic E-state index is 8.68. The van der Waals surface area contributed by atoms with Gasteiger partial charge in [-0.05, 0) is 6.07 Å². The summed E-state index contributed by atoms with van der Waals surface area (Å²) in [6.45, 7) is 0. The molecular formula is C8H9N5. The van der Waals surface area contributed by atoms with E-state index in [1.807, 2.05) is 20.2 Å². The lowest BCUT2D eigenvalue weighted by molar-refractivity contribution is 0.642. The highest BCUT2D eigenvalue weighted by molar-refractivity contribution is 5.61. The fraction of sp³-hybridized carbons (Fsp3) is 0.250. The van der Waals surface area contributed by atoms with E-state index in [0.717, 1.165) is 0 Å². The molecule has 0 saturated carbocycles. The summed E-state index contributed by atoms with van der Waals surface area (Å²) >= 11 is 0. The van der Waals surface area contributed by atoms with Crippen molar-refractivity contribution in [3.05, 3.63) is 17.8 Å². The van der Waals surface area contributed by atoms with Crippen molar-refractivity contribution >= 4 is 12.2 Å². The Kier molecular flexibility index (Phi) is 2.92. The lowest BCUT2D eigenvalue weighted by Crippen LogP contribution is -2.07. The van der Waals surface area contributed by atoms with Crippen molar-refractivity contribution in [3.8, 4) is 6.07 Å². The number of aliphatic imine (C=N–C) groups is 1. The quantitative estimate of drug-likeness (QED) is 0.487. The molecule has 0 aliphatic carbocycles. The number of hydrogen-bond donors (Lipinski definition) is 0. The second-order valence-corrected chi connectivity index (χ2v) is 2.59. The molecule has 0 unspecified atom stereocenters. The highest BCUT2D eigenvalue weighted by Gasteiger charge is 1.99. The van der Waals surface area contributed by atoms with Gasteiger partial charge in [0.1, 0.15) is 11.6 Å². The molecule has 0 aliphatic heterocycles. The fourth-order valence-corrected chi connectivity index (χ4v) is 0.677. The third-order valence-electron chi connectivity index (χ3n) is 1.23. The molecule has 0 aliphatic rings. The minimum atomic E-state index is 0.346. The van der Waals surface area contributed by atoms with Gasteiger partial charge >= 0.3 is 0 Å². The number of nitrogens with zero attached hydrogens (tertiary/aromatic N) is 5. The zero-order valence-electron chi connectivity index (χ0n) is 7.47. The van der Waals surface area contributed by atoms with E-state index >= 15 is 0 Å². The van der Waals surface area contributed by atoms with E-state index in [9.17, 15) is 0 Å². The Labute approximate surface area is 76.3 Å². The molecule has 1 heterocycles. The van der Waals surface area contributed by atoms with Gasteiger partial charge in [-0.15, -0.1) is 5.10 Å². The van der Waals surface area contributed by atoms with Crippen LogP contribution >= 0.6 is 0 Å². The van der Waals surface area contributed by atoms with Crippen LogP contribution in [0.2, 0.25) is 0 Å². The molecule has 1 aromatic rings. The molecule has 5 nitrogen and oxygen atoms in total. The first-order valence-electron chi connectivity index (χ1n) is 3.66. The topological polar surface area (TPSA) is 65.2 Å². The van der Waals surface area contributed by atoms with Crippen molar-refractivity contribution in [1.29, 1.82) is 5.26 Å². The molecule has 1 rings (SSSR count). The second-order valence-electron chi connectivity index (χ2n) is 2.59. The number of hydrogen-bond acceptors (Lipinski definition) is 4. The largest absolute Gasteiger partial charge is 0.369 e. The minimum absolute atomic E-state index is 0.346. The van der Waals surface area contributed by atoms with Crippen LogP contribution in [0.25, 0.3) is 0 Å². The molecular weight excluding hydrogens is 166 g/mol. The number of nitriles is 1. The predicted molar refractivity (Wildman–Crippen MR) is 48.6 cm³/mol. The normalized spacial score (nSPS) is 9.92. The molecule has 0 spiro atoms. The summed E-state index contributed by atoms with van der Waals surface area (Å²) in [7, 11) is 3.68. The minimum Gasteiger partial charge on any atom is -0.369 e. The van der Waals surface area contributed by atoms with Crippen LogP contribution in [0, 0.1) is 11.3 Å². The molecule has 0 aromatic carbocycles. The molecule has 0 N–H and O–H groups in total. The highest BCUT2D eigenvalue weighted by Crippen LogP contribution is 2.10. The maximum Gasteiger partial charge on any atom is 0.193 e. The highest BCUT2D eigenvalue weighted by atomic mass is 15.2. The molecule has 1 aromatic heterocycles. The molecule has 0 saturated heterocycles. The van der Waals surface area contributed by atoms with E-state index in [4.69, 9.17) is 5.26 Å². The molecule has 0 atom stereocenters. The van der Waals surface area contributed by atoms with Gasteiger partial charge in [-0.25, -0.2) is 4.99 Å². The van der Waals surface area contributed by atoms with Crippen molar-refractivity contribution in [3.63, 3.8) is 0 Å². The van der Waals surface area contributed by atoms with Crippen LogP contribution in [-0.4, -0.2) is 35.5 Å². The fourth-order valence-electron chi connectivity index (χ4n) is 0.677. The van der Waals surface area contributed by atoms with E-state index < -0.39 is 0 Å². The van der Waals surface area contributed by atoms with Crippen LogP contribution in [0.3, 0.4) is 0 Å². The molecule has 0 fully saturated rings. The Morgan fingerprint density at radius 1 is 1.62 bits per heavy atom. The summed E-state index contributed by atoms with van der Waals surface area (Å²) in [5, 5.41) is 16.0. The van der Waals surface area contributed by atoms with E-state index in [1.54, 1.807) is 17.3 Å². The van der Waals surface area contributed by atoms with Crippen LogP contribution in [0.5, 0.6) is 0 Å². The Morgan fingerprint density at radius 2 is 2.38 bits per heavy atom. The van der Waals surface area contributed by atoms with Crippen molar-refractivity contribution < 1.29 is 0 Å². The first-order valence-corrected chi connectivity index (χ1v) is 3.66. The van der Waals surface area contributed by atoms with Crippen molar-refractivity contribution in [2.24, 2.45) is 4.99 Å². The van der Waals surface area contributed by atoms with Crippen molar-refractivity contribution in [1.82, 2.24) is 15.1 Å². The molecule has 0 radical (unpaired) electrons. The van der Waals surface area contributed by atoms with Gasteiger partial charge in [0.2, 0.25) is 0 Å². The zero-order valence-corrected chi connectivity index (χ0v) is 7.47. The summed E-state index contributed by atoms with van der Waals surface area (Å²) in [5.74, 6) is 0.346. The lowest BCUT2D eigenvalue weighted by Gasteiger charge is -2.01. The van der Waals surface area contributed by atoms with E-state index in [0.29, 0.717) is 11.4 Å². The SMILES string of the molecule is CN(C)/C=N/c1nnccc1C#N. The van der Waals surface area contributed by atoms with Gasteiger partial charge in [-0.1, -0.05) is 0 Å². The molecule has 66 valence electrons. The van der Waals surface area contributed by atoms with Crippen LogP contribution < -0.4 is 0 Å². The smallest absolute Gasteiger partial charge is 0.193 e. The van der Waals surface area contributed by atoms with Crippen molar-refractivity contribution in [2.75, 3.05) is 14.1 Å². The van der Waals surface area contributed by atoms with Gasteiger partial charge in [0, 0.05) is 14.1 Å². The Hall–Kier alpha value is -1.96. The van der Waals surface area contributed by atoms with Crippen LogP contribution in [0.4, 0.5) is 5.82 Å². The Bertz CT molecular complexity index is 350. The van der Waals surface area contributed by atoms with Crippen LogP contribution in [-0.2, 0) is 0 Å². The third-order valence-corrected chi connectivity index (χ3v) is 1.23. The van der Waals surface area contributed by atoms with E-state index in [1.165, 1.54) is 6.20 Å². The van der Waals surface area contributed by atoms with Crippen LogP contribution in [0.15, 0.2) is 17.3 Å². The maximum absolute atomic E-state index is 8.68. The van der Waals surface area contributed by atoms with E-state index in [-0.39, 0.29) is 0 Å². The van der Waals surface area contributed by atoms with Crippen molar-refractivity contribution in [2.45, 2.75) is 0 Å². The lowest BCUT2D eigenvalue weighted by atomic mass is 10.3. The second kappa shape index (κ2) is 4.16.